The van der Waals surface area contributed by atoms with Crippen LogP contribution < -0.4 is 4.72 Å². The van der Waals surface area contributed by atoms with Crippen molar-refractivity contribution in [1.29, 1.82) is 0 Å². The van der Waals surface area contributed by atoms with Gasteiger partial charge in [-0.25, -0.2) is 13.1 Å². The van der Waals surface area contributed by atoms with Crippen LogP contribution in [0.15, 0.2) is 29.2 Å². The number of aryl methyl sites for hydroxylation is 1. The van der Waals surface area contributed by atoms with Crippen LogP contribution in [-0.4, -0.2) is 15.4 Å². The van der Waals surface area contributed by atoms with Gasteiger partial charge < -0.3 is 0 Å². The highest BCUT2D eigenvalue weighted by molar-refractivity contribution is 7.89. The van der Waals surface area contributed by atoms with E-state index < -0.39 is 17.0 Å². The Bertz CT molecular complexity index is 400. The second-order valence-corrected chi connectivity index (χ2v) is 4.15. The summed E-state index contributed by atoms with van der Waals surface area (Å²) in [5.74, 6) is 0. The lowest BCUT2D eigenvalue weighted by molar-refractivity contribution is 0.588. The van der Waals surface area contributed by atoms with Crippen molar-refractivity contribution >= 4 is 10.0 Å². The van der Waals surface area contributed by atoms with Crippen molar-refractivity contribution < 1.29 is 11.2 Å². The maximum atomic E-state index is 11.4. The molecule has 0 saturated heterocycles. The van der Waals surface area contributed by atoms with E-state index in [1.54, 1.807) is 12.1 Å². The Kier molecular flexibility index (Phi) is 1.79. The molecule has 0 aromatic heterocycles. The fourth-order valence-corrected chi connectivity index (χ4v) is 1.42. The molecule has 0 heterocycles. The molecule has 0 amide bonds. The molecule has 3 nitrogen and oxygen atoms in total. The zero-order chi connectivity index (χ0) is 10.8. The molecule has 0 aliphatic carbocycles. The summed E-state index contributed by atoms with van der Waals surface area (Å²) in [7, 11) is -3.70. The van der Waals surface area contributed by atoms with Gasteiger partial charge in [0.2, 0.25) is 10.0 Å². The number of hydrogen-bond donors (Lipinski definition) is 1. The lowest BCUT2D eigenvalue weighted by atomic mass is 10.2. The van der Waals surface area contributed by atoms with E-state index in [9.17, 15) is 8.42 Å². The molecule has 0 bridgehead atoms. The molecule has 1 atom stereocenters. The van der Waals surface area contributed by atoms with Crippen LogP contribution >= 0.6 is 0 Å². The highest BCUT2D eigenvalue weighted by Gasteiger charge is 2.09. The van der Waals surface area contributed by atoms with Crippen molar-refractivity contribution in [2.75, 3.05) is 7.00 Å². The summed E-state index contributed by atoms with van der Waals surface area (Å²) < 4.78 is 38.3. The van der Waals surface area contributed by atoms with Gasteiger partial charge in [-0.2, -0.15) is 0 Å². The van der Waals surface area contributed by atoms with Gasteiger partial charge in [-0.1, -0.05) is 17.7 Å². The van der Waals surface area contributed by atoms with E-state index in [2.05, 4.69) is 0 Å². The van der Waals surface area contributed by atoms with E-state index in [0.29, 0.717) is 0 Å². The highest BCUT2D eigenvalue weighted by atomic mass is 32.2. The topological polar surface area (TPSA) is 46.2 Å². The molecule has 12 heavy (non-hydrogen) atoms. The molecule has 66 valence electrons. The van der Waals surface area contributed by atoms with Gasteiger partial charge in [0, 0.05) is 2.74 Å². The van der Waals surface area contributed by atoms with Crippen molar-refractivity contribution in [3.63, 3.8) is 0 Å². The van der Waals surface area contributed by atoms with Crippen LogP contribution in [0.4, 0.5) is 0 Å². The number of benzene rings is 1. The quantitative estimate of drug-likeness (QED) is 0.749. The molecule has 4 heteroatoms. The van der Waals surface area contributed by atoms with E-state index in [1.807, 2.05) is 11.6 Å². The van der Waals surface area contributed by atoms with Crippen molar-refractivity contribution in [3.05, 3.63) is 29.8 Å². The third kappa shape index (κ3) is 1.84. The molecule has 0 unspecified atom stereocenters. The van der Waals surface area contributed by atoms with E-state index in [-0.39, 0.29) is 4.90 Å². The van der Waals surface area contributed by atoms with E-state index >= 15 is 0 Å². The second kappa shape index (κ2) is 3.25. The predicted molar refractivity (Wildman–Crippen MR) is 47.4 cm³/mol. The van der Waals surface area contributed by atoms with Crippen LogP contribution in [0, 0.1) is 6.92 Å². The van der Waals surface area contributed by atoms with Crippen molar-refractivity contribution in [2.45, 2.75) is 11.8 Å². The molecule has 0 saturated carbocycles. The zero-order valence-corrected chi connectivity index (χ0v) is 7.43. The molecule has 0 radical (unpaired) electrons. The first-order valence-corrected chi connectivity index (χ1v) is 4.83. The van der Waals surface area contributed by atoms with E-state index in [4.69, 9.17) is 2.74 Å². The number of nitrogens with one attached hydrogen (secondary N) is 1. The standard InChI is InChI=1S/C8H11NO2S/c1-7-3-5-8(6-4-7)12(10,11)9-2/h3-6,9H,1-2H3/i2TD/t2-/m1/s1. The number of rotatable bonds is 2. The Morgan fingerprint density at radius 1 is 1.50 bits per heavy atom. The fraction of sp³-hybridized carbons (Fsp3) is 0.250. The molecule has 0 aliphatic rings. The third-order valence-electron chi connectivity index (χ3n) is 1.49. The average molecular weight is 188 g/mol. The zero-order valence-electron chi connectivity index (χ0n) is 8.61. The first-order valence-electron chi connectivity index (χ1n) is 4.51. The summed E-state index contributed by atoms with van der Waals surface area (Å²) in [6, 6.07) is 6.22. The van der Waals surface area contributed by atoms with Crippen LogP contribution in [0.3, 0.4) is 0 Å². The van der Waals surface area contributed by atoms with Gasteiger partial charge in [-0.3, -0.25) is 0 Å². The van der Waals surface area contributed by atoms with Gasteiger partial charge in [0.25, 0.3) is 0 Å². The summed E-state index contributed by atoms with van der Waals surface area (Å²) in [5, 5.41) is 0. The average Bonchev–Trinajstić information content (AvgIpc) is 2.02. The largest absolute Gasteiger partial charge is 0.240 e. The van der Waals surface area contributed by atoms with Crippen LogP contribution in [0.5, 0.6) is 0 Å². The molecule has 0 spiro atoms. The van der Waals surface area contributed by atoms with Crippen molar-refractivity contribution in [1.82, 2.24) is 4.72 Å². The monoisotopic (exact) mass is 188 g/mol. The van der Waals surface area contributed by atoms with Crippen LogP contribution in [-0.2, 0) is 10.0 Å². The van der Waals surface area contributed by atoms with Gasteiger partial charge in [0.1, 0.15) is 0 Å². The SMILES string of the molecule is [2H][C@H]([3H])NS(=O)(=O)c1ccc(C)cc1. The van der Waals surface area contributed by atoms with Gasteiger partial charge in [-0.15, -0.1) is 0 Å². The minimum atomic E-state index is -3.70. The second-order valence-electron chi connectivity index (χ2n) is 2.43. The molecular weight excluding hydrogens is 174 g/mol. The lowest BCUT2D eigenvalue weighted by Crippen LogP contribution is -2.18. The van der Waals surface area contributed by atoms with Gasteiger partial charge >= 0.3 is 0 Å². The Labute approximate surface area is 75.3 Å². The lowest BCUT2D eigenvalue weighted by Gasteiger charge is -2.01. The first kappa shape index (κ1) is 6.62. The summed E-state index contributed by atoms with van der Waals surface area (Å²) in [4.78, 5) is 0.0765. The first-order chi connectivity index (χ1) is 6.42. The summed E-state index contributed by atoms with van der Waals surface area (Å²) in [6.07, 6.45) is 0. The minimum Gasteiger partial charge on any atom is -0.214 e. The normalized spacial score (nSPS) is 16.4. The van der Waals surface area contributed by atoms with E-state index in [1.165, 1.54) is 12.1 Å². The van der Waals surface area contributed by atoms with Gasteiger partial charge in [0.05, 0.1) is 4.90 Å². The maximum Gasteiger partial charge on any atom is 0.240 e. The Balaban J connectivity index is 2.99. The molecule has 1 rings (SSSR count). The van der Waals surface area contributed by atoms with Crippen molar-refractivity contribution in [2.24, 2.45) is 0 Å². The molecule has 0 fully saturated rings. The fourth-order valence-electron chi connectivity index (χ4n) is 0.785. The molecule has 0 aliphatic heterocycles. The Hall–Kier alpha value is -0.870. The number of hydrogen-bond acceptors (Lipinski definition) is 2. The Morgan fingerprint density at radius 2 is 2.08 bits per heavy atom. The number of sulfonamides is 1. The van der Waals surface area contributed by atoms with Gasteiger partial charge in [-0.05, 0) is 26.1 Å². The minimum absolute atomic E-state index is 0.0765. The molecular formula is C8H11NO2S. The summed E-state index contributed by atoms with van der Waals surface area (Å²) >= 11 is 0. The van der Waals surface area contributed by atoms with Gasteiger partial charge in [0.15, 0.2) is 0 Å². The van der Waals surface area contributed by atoms with E-state index in [0.717, 1.165) is 5.56 Å². The summed E-state index contributed by atoms with van der Waals surface area (Å²) in [6.45, 7) is 0.267. The van der Waals surface area contributed by atoms with Crippen LogP contribution in [0.1, 0.15) is 8.30 Å². The molecule has 1 N–H and O–H groups in total. The molecule has 1 aromatic carbocycles. The van der Waals surface area contributed by atoms with Crippen molar-refractivity contribution in [3.8, 4) is 0 Å². The smallest absolute Gasteiger partial charge is 0.214 e. The third-order valence-corrected chi connectivity index (χ3v) is 2.69. The van der Waals surface area contributed by atoms with Crippen LogP contribution in [0.2, 0.25) is 0 Å². The summed E-state index contributed by atoms with van der Waals surface area (Å²) in [5.41, 5.74) is 0.956. The Morgan fingerprint density at radius 3 is 2.58 bits per heavy atom. The van der Waals surface area contributed by atoms with Crippen LogP contribution in [0.25, 0.3) is 0 Å². The maximum absolute atomic E-state index is 11.4. The highest BCUT2D eigenvalue weighted by Crippen LogP contribution is 2.08. The predicted octanol–water partition coefficient (Wildman–Crippen LogP) is 0.903. The molecule has 1 aromatic rings.